The maximum atomic E-state index is 13.8. The molecule has 0 spiro atoms. The van der Waals surface area contributed by atoms with Crippen LogP contribution in [0.25, 0.3) is 0 Å². The molecular weight excluding hydrogens is 326 g/mol. The van der Waals surface area contributed by atoms with Gasteiger partial charge in [-0.2, -0.15) is 0 Å². The van der Waals surface area contributed by atoms with Gasteiger partial charge in [-0.15, -0.1) is 0 Å². The van der Waals surface area contributed by atoms with Crippen molar-refractivity contribution in [2.75, 3.05) is 18.9 Å². The van der Waals surface area contributed by atoms with E-state index in [1.807, 2.05) is 0 Å². The van der Waals surface area contributed by atoms with E-state index in [0.29, 0.717) is 12.1 Å². The lowest BCUT2D eigenvalue weighted by Gasteiger charge is -2.25. The highest BCUT2D eigenvalue weighted by Gasteiger charge is 2.33. The van der Waals surface area contributed by atoms with Crippen molar-refractivity contribution in [1.82, 2.24) is 5.32 Å². The number of carbonyl (C=O) groups is 2. The van der Waals surface area contributed by atoms with E-state index >= 15 is 0 Å². The van der Waals surface area contributed by atoms with Crippen LogP contribution in [0.2, 0.25) is 0 Å². The summed E-state index contributed by atoms with van der Waals surface area (Å²) in [5.74, 6) is -3.46. The Hall–Kier alpha value is -2.60. The van der Waals surface area contributed by atoms with Gasteiger partial charge >= 0.3 is 0 Å². The first-order chi connectivity index (χ1) is 11.9. The summed E-state index contributed by atoms with van der Waals surface area (Å²) in [6.07, 6.45) is 0. The lowest BCUT2D eigenvalue weighted by molar-refractivity contribution is -0.130. The summed E-state index contributed by atoms with van der Waals surface area (Å²) in [5.41, 5.74) is 0.667. The lowest BCUT2D eigenvalue weighted by Crippen LogP contribution is -2.37. The topological polar surface area (TPSA) is 58.2 Å². The highest BCUT2D eigenvalue weighted by molar-refractivity contribution is 6.07. The standard InChI is InChI=1S/C19H20F2N2O2/c1-12(24)18(19(25)23-17-6-4-3-5-16(17)21)15(11-22-2)13-7-9-14(20)10-8-13/h3-10,15,18,22H,11H2,1-2H3,(H,23,25). The van der Waals surface area contributed by atoms with Gasteiger partial charge in [0.25, 0.3) is 0 Å². The van der Waals surface area contributed by atoms with Crippen molar-refractivity contribution in [2.24, 2.45) is 5.92 Å². The van der Waals surface area contributed by atoms with Crippen LogP contribution in [0.5, 0.6) is 0 Å². The number of nitrogens with one attached hydrogen (secondary N) is 2. The molecule has 6 heteroatoms. The fourth-order valence-corrected chi connectivity index (χ4v) is 2.78. The maximum Gasteiger partial charge on any atom is 0.235 e. The summed E-state index contributed by atoms with van der Waals surface area (Å²) in [5, 5.41) is 5.42. The Morgan fingerprint density at radius 3 is 2.24 bits per heavy atom. The maximum absolute atomic E-state index is 13.8. The zero-order valence-electron chi connectivity index (χ0n) is 14.1. The number of hydrogen-bond acceptors (Lipinski definition) is 3. The summed E-state index contributed by atoms with van der Waals surface area (Å²) in [6, 6.07) is 11.4. The minimum atomic E-state index is -1.03. The summed E-state index contributed by atoms with van der Waals surface area (Å²) < 4.78 is 27.0. The number of halogens is 2. The molecule has 0 aromatic heterocycles. The summed E-state index contributed by atoms with van der Waals surface area (Å²) in [7, 11) is 1.70. The highest BCUT2D eigenvalue weighted by Crippen LogP contribution is 2.27. The van der Waals surface area contributed by atoms with Crippen LogP contribution in [-0.4, -0.2) is 25.3 Å². The van der Waals surface area contributed by atoms with Crippen LogP contribution in [0.1, 0.15) is 18.4 Å². The first kappa shape index (κ1) is 18.7. The molecule has 132 valence electrons. The molecule has 2 aromatic rings. The molecule has 2 unspecified atom stereocenters. The molecule has 0 fully saturated rings. The Balaban J connectivity index is 2.32. The third-order valence-electron chi connectivity index (χ3n) is 3.98. The van der Waals surface area contributed by atoms with Gasteiger partial charge in [0.15, 0.2) is 0 Å². The van der Waals surface area contributed by atoms with Crippen LogP contribution in [0.15, 0.2) is 48.5 Å². The second-order valence-electron chi connectivity index (χ2n) is 5.77. The van der Waals surface area contributed by atoms with Crippen molar-refractivity contribution in [2.45, 2.75) is 12.8 Å². The minimum absolute atomic E-state index is 0.0149. The minimum Gasteiger partial charge on any atom is -0.323 e. The molecule has 0 saturated carbocycles. The van der Waals surface area contributed by atoms with Gasteiger partial charge in [-0.3, -0.25) is 9.59 Å². The molecule has 0 aliphatic heterocycles. The summed E-state index contributed by atoms with van der Waals surface area (Å²) in [4.78, 5) is 24.8. The molecule has 0 saturated heterocycles. The zero-order chi connectivity index (χ0) is 18.4. The number of carbonyl (C=O) groups excluding carboxylic acids is 2. The molecule has 4 nitrogen and oxygen atoms in total. The molecule has 2 aromatic carbocycles. The molecule has 0 radical (unpaired) electrons. The van der Waals surface area contributed by atoms with E-state index in [4.69, 9.17) is 0 Å². The van der Waals surface area contributed by atoms with Crippen molar-refractivity contribution in [3.05, 3.63) is 65.7 Å². The average Bonchev–Trinajstić information content (AvgIpc) is 2.57. The van der Waals surface area contributed by atoms with Gasteiger partial charge in [-0.05, 0) is 43.8 Å². The van der Waals surface area contributed by atoms with Crippen LogP contribution >= 0.6 is 0 Å². The Kier molecular flexibility index (Phi) is 6.36. The fraction of sp³-hybridized carbons (Fsp3) is 0.263. The van der Waals surface area contributed by atoms with E-state index in [-0.39, 0.29) is 11.5 Å². The van der Waals surface area contributed by atoms with E-state index in [9.17, 15) is 18.4 Å². The van der Waals surface area contributed by atoms with E-state index < -0.39 is 29.4 Å². The molecule has 0 heterocycles. The third-order valence-corrected chi connectivity index (χ3v) is 3.98. The molecular formula is C19H20F2N2O2. The van der Waals surface area contributed by atoms with Gasteiger partial charge in [0.1, 0.15) is 23.3 Å². The van der Waals surface area contributed by atoms with Crippen molar-refractivity contribution in [3.63, 3.8) is 0 Å². The van der Waals surface area contributed by atoms with Gasteiger partial charge in [0, 0.05) is 12.5 Å². The Bertz CT molecular complexity index is 747. The molecule has 0 aliphatic carbocycles. The SMILES string of the molecule is CNCC(c1ccc(F)cc1)C(C(C)=O)C(=O)Nc1ccccc1F. The smallest absolute Gasteiger partial charge is 0.235 e. The number of anilines is 1. The zero-order valence-corrected chi connectivity index (χ0v) is 14.1. The van der Waals surface area contributed by atoms with E-state index in [2.05, 4.69) is 10.6 Å². The second-order valence-corrected chi connectivity index (χ2v) is 5.77. The van der Waals surface area contributed by atoms with Gasteiger partial charge in [0.05, 0.1) is 5.69 Å². The number of amides is 1. The van der Waals surface area contributed by atoms with Gasteiger partial charge in [0.2, 0.25) is 5.91 Å². The quantitative estimate of drug-likeness (QED) is 0.758. The Morgan fingerprint density at radius 1 is 1.04 bits per heavy atom. The van der Waals surface area contributed by atoms with Crippen LogP contribution < -0.4 is 10.6 Å². The van der Waals surface area contributed by atoms with Gasteiger partial charge in [-0.25, -0.2) is 8.78 Å². The van der Waals surface area contributed by atoms with Crippen molar-refractivity contribution >= 4 is 17.4 Å². The largest absolute Gasteiger partial charge is 0.323 e. The molecule has 2 N–H and O–H groups in total. The van der Waals surface area contributed by atoms with Crippen LogP contribution in [-0.2, 0) is 9.59 Å². The number of Topliss-reactive ketones (excluding diaryl/α,β-unsaturated/α-hetero) is 1. The Labute approximate surface area is 145 Å². The van der Waals surface area contributed by atoms with E-state index in [0.717, 1.165) is 0 Å². The first-order valence-corrected chi connectivity index (χ1v) is 7.90. The number of para-hydroxylation sites is 1. The summed E-state index contributed by atoms with van der Waals surface area (Å²) >= 11 is 0. The predicted molar refractivity (Wildman–Crippen MR) is 92.3 cm³/mol. The van der Waals surface area contributed by atoms with Gasteiger partial charge in [-0.1, -0.05) is 24.3 Å². The average molecular weight is 346 g/mol. The van der Waals surface area contributed by atoms with Crippen molar-refractivity contribution in [1.29, 1.82) is 0 Å². The van der Waals surface area contributed by atoms with Crippen molar-refractivity contribution < 1.29 is 18.4 Å². The third kappa shape index (κ3) is 4.70. The van der Waals surface area contributed by atoms with E-state index in [1.165, 1.54) is 37.3 Å². The first-order valence-electron chi connectivity index (χ1n) is 7.90. The lowest BCUT2D eigenvalue weighted by atomic mass is 9.82. The molecule has 0 aliphatic rings. The normalized spacial score (nSPS) is 13.1. The number of rotatable bonds is 7. The molecule has 0 bridgehead atoms. The van der Waals surface area contributed by atoms with E-state index in [1.54, 1.807) is 25.2 Å². The molecule has 25 heavy (non-hydrogen) atoms. The fourth-order valence-electron chi connectivity index (χ4n) is 2.78. The van der Waals surface area contributed by atoms with Crippen LogP contribution in [0, 0.1) is 17.6 Å². The van der Waals surface area contributed by atoms with Crippen LogP contribution in [0.4, 0.5) is 14.5 Å². The summed E-state index contributed by atoms with van der Waals surface area (Å²) in [6.45, 7) is 1.65. The molecule has 1 amide bonds. The number of ketones is 1. The number of likely N-dealkylation sites (N-methyl/N-ethyl adjacent to an activating group) is 1. The molecule has 2 atom stereocenters. The number of hydrogen-bond donors (Lipinski definition) is 2. The Morgan fingerprint density at radius 2 is 1.68 bits per heavy atom. The number of benzene rings is 2. The second kappa shape index (κ2) is 8.48. The highest BCUT2D eigenvalue weighted by atomic mass is 19.1. The monoisotopic (exact) mass is 346 g/mol. The predicted octanol–water partition coefficient (Wildman–Crippen LogP) is 3.11. The molecule has 2 rings (SSSR count). The van der Waals surface area contributed by atoms with Gasteiger partial charge < -0.3 is 10.6 Å². The van der Waals surface area contributed by atoms with Crippen molar-refractivity contribution in [3.8, 4) is 0 Å². The van der Waals surface area contributed by atoms with Crippen LogP contribution in [0.3, 0.4) is 0 Å².